The van der Waals surface area contributed by atoms with E-state index in [0.29, 0.717) is 25.0 Å². The van der Waals surface area contributed by atoms with Gasteiger partial charge in [0.2, 0.25) is 5.69 Å². The average Bonchev–Trinajstić information content (AvgIpc) is 3.73. The van der Waals surface area contributed by atoms with Crippen molar-refractivity contribution in [2.75, 3.05) is 38.9 Å². The van der Waals surface area contributed by atoms with E-state index in [-0.39, 0.29) is 17.8 Å². The van der Waals surface area contributed by atoms with Gasteiger partial charge in [0.1, 0.15) is 17.1 Å². The summed E-state index contributed by atoms with van der Waals surface area (Å²) in [4.78, 5) is 20.5. The standard InChI is InChI=1S/C57H63N2O6/c1-55(2)47-24-14-16-26-49(47)59(50(55)38-45-52(61)51(53(45)62)44(22-12-8-18-36-60)54-56(3,4)46-23-13-15-25-48(46)58-54)35-17-9-19-37-65-57(39-20-10-7-11-21-39,40-27-31-42(63-5)32-28-40)41-29-33-43(64-6)34-30-41/h7,10-11,13-16,20-21,23-34,38,45,52,60H,8-9,12,17-19,22,35-37H2,1-6H3/q-1/p+1. The topological polar surface area (TPSA) is 105 Å². The molecule has 338 valence electrons. The van der Waals surface area contributed by atoms with Crippen LogP contribution in [0.4, 0.5) is 11.4 Å². The number of allylic oxidation sites excluding steroid dienone is 2. The summed E-state index contributed by atoms with van der Waals surface area (Å²) in [6.07, 6.45) is 6.37. The lowest BCUT2D eigenvalue weighted by atomic mass is 9.67. The van der Waals surface area contributed by atoms with Crippen LogP contribution in [0.3, 0.4) is 0 Å². The van der Waals surface area contributed by atoms with Crippen molar-refractivity contribution in [2.24, 2.45) is 5.92 Å². The molecule has 0 spiro atoms. The molecule has 8 heteroatoms. The lowest BCUT2D eigenvalue weighted by molar-refractivity contribution is -0.419. The van der Waals surface area contributed by atoms with Crippen molar-refractivity contribution < 1.29 is 34.2 Å². The molecule has 65 heavy (non-hydrogen) atoms. The molecule has 2 unspecified atom stereocenters. The molecule has 3 aliphatic rings. The number of fused-ring (bicyclic) bond motifs is 2. The van der Waals surface area contributed by atoms with E-state index in [2.05, 4.69) is 123 Å². The highest BCUT2D eigenvalue weighted by Gasteiger charge is 2.49. The second-order valence-electron chi connectivity index (χ2n) is 18.7. The summed E-state index contributed by atoms with van der Waals surface area (Å²) in [5, 5.41) is 24.0. The van der Waals surface area contributed by atoms with Crippen molar-refractivity contribution in [3.63, 3.8) is 0 Å². The number of aliphatic hydroxyl groups excluding tert-OH is 1. The second-order valence-corrected chi connectivity index (χ2v) is 18.7. The lowest BCUT2D eigenvalue weighted by Gasteiger charge is -2.44. The molecule has 0 aromatic heterocycles. The summed E-state index contributed by atoms with van der Waals surface area (Å²) in [5.41, 5.74) is 9.10. The second kappa shape index (κ2) is 19.4. The van der Waals surface area contributed by atoms with Crippen LogP contribution in [-0.2, 0) is 26.0 Å². The van der Waals surface area contributed by atoms with Gasteiger partial charge >= 0.3 is 0 Å². The van der Waals surface area contributed by atoms with Gasteiger partial charge < -0.3 is 29.3 Å². The molecule has 2 aliphatic heterocycles. The lowest BCUT2D eigenvalue weighted by Crippen LogP contribution is -2.67. The number of ether oxygens (including phenoxy) is 3. The molecule has 2 atom stereocenters. The summed E-state index contributed by atoms with van der Waals surface area (Å²) in [5.74, 6) is 0.725. The van der Waals surface area contributed by atoms with E-state index in [4.69, 9.17) is 14.2 Å². The minimum Gasteiger partial charge on any atom is -0.848 e. The molecule has 2 N–H and O–H groups in total. The number of carbonyl (C=O) groups is 1. The van der Waals surface area contributed by atoms with Crippen LogP contribution in [0.25, 0.3) is 0 Å². The maximum absolute atomic E-state index is 14.5. The number of nitrogens with zero attached hydrogens (tertiary/aromatic N) is 1. The fraction of sp³-hybridized carbons (Fsp3) is 0.368. The quantitative estimate of drug-likeness (QED) is 0.0486. The van der Waals surface area contributed by atoms with Crippen LogP contribution in [0.5, 0.6) is 11.5 Å². The van der Waals surface area contributed by atoms with E-state index in [1.54, 1.807) is 14.2 Å². The normalized spacial score (nSPS) is 19.7. The Morgan fingerprint density at radius 3 is 1.91 bits per heavy atom. The van der Waals surface area contributed by atoms with Gasteiger partial charge in [0.15, 0.2) is 11.5 Å². The molecule has 0 amide bonds. The molecule has 8 rings (SSSR count). The van der Waals surface area contributed by atoms with Crippen molar-refractivity contribution in [1.82, 2.24) is 0 Å². The summed E-state index contributed by atoms with van der Waals surface area (Å²) in [6, 6.07) is 43.3. The number of hydrogen-bond donors (Lipinski definition) is 2. The number of aliphatic hydroxyl groups is 1. The largest absolute Gasteiger partial charge is 0.848 e. The fourth-order valence-electron chi connectivity index (χ4n) is 10.4. The highest BCUT2D eigenvalue weighted by atomic mass is 16.5. The number of nitrogens with one attached hydrogen (secondary N) is 1. The van der Waals surface area contributed by atoms with E-state index in [1.165, 1.54) is 5.56 Å². The molecule has 1 aliphatic carbocycles. The highest BCUT2D eigenvalue weighted by Crippen LogP contribution is 2.50. The Bertz CT molecular complexity index is 2510. The summed E-state index contributed by atoms with van der Waals surface area (Å²) in [7, 11) is 3.35. The number of ketones is 1. The minimum atomic E-state index is -1.17. The first-order chi connectivity index (χ1) is 31.5. The van der Waals surface area contributed by atoms with Gasteiger partial charge in [-0.05, 0) is 111 Å². The maximum Gasteiger partial charge on any atom is 0.208 e. The van der Waals surface area contributed by atoms with E-state index in [9.17, 15) is 15.0 Å². The van der Waals surface area contributed by atoms with Gasteiger partial charge in [-0.15, -0.1) is 0 Å². The van der Waals surface area contributed by atoms with E-state index < -0.39 is 23.0 Å². The van der Waals surface area contributed by atoms with Gasteiger partial charge in [0.25, 0.3) is 0 Å². The summed E-state index contributed by atoms with van der Waals surface area (Å²) in [6.45, 7) is 10.1. The third-order valence-corrected chi connectivity index (χ3v) is 14.0. The molecule has 0 radical (unpaired) electrons. The van der Waals surface area contributed by atoms with Crippen LogP contribution < -0.4 is 24.5 Å². The van der Waals surface area contributed by atoms with Crippen LogP contribution in [0.1, 0.15) is 100 Å². The zero-order chi connectivity index (χ0) is 45.8. The average molecular weight is 873 g/mol. The molecule has 0 bridgehead atoms. The number of anilines is 1. The number of unbranched alkanes of at least 4 members (excludes halogenated alkanes) is 4. The Morgan fingerprint density at radius 2 is 1.29 bits per heavy atom. The zero-order valence-electron chi connectivity index (χ0n) is 38.9. The van der Waals surface area contributed by atoms with Crippen LogP contribution in [0.15, 0.2) is 150 Å². The van der Waals surface area contributed by atoms with Crippen molar-refractivity contribution in [3.8, 4) is 11.5 Å². The predicted octanol–water partition coefficient (Wildman–Crippen LogP) is 8.79. The van der Waals surface area contributed by atoms with Crippen molar-refractivity contribution >= 4 is 22.9 Å². The summed E-state index contributed by atoms with van der Waals surface area (Å²) < 4.78 is 18.2. The Kier molecular flexibility index (Phi) is 13.6. The molecule has 8 nitrogen and oxygen atoms in total. The number of methoxy groups -OCH3 is 2. The third kappa shape index (κ3) is 8.60. The van der Waals surface area contributed by atoms with E-state index >= 15 is 0 Å². The molecule has 5 aromatic rings. The number of para-hydroxylation sites is 2. The fourth-order valence-corrected chi connectivity index (χ4v) is 10.4. The SMILES string of the molecule is COc1ccc(C(OCCCCCN2C(=CC3C(=O)C(=C(CCCCCO)C4=[NH+]c5ccccc5C4(C)C)C3[O-])C(C)(C)c3ccccc32)(c2ccccc2)c2ccc(OC)cc2)cc1. The predicted molar refractivity (Wildman–Crippen MR) is 257 cm³/mol. The Labute approximate surface area is 385 Å². The maximum atomic E-state index is 14.5. The molecule has 1 fully saturated rings. The van der Waals surface area contributed by atoms with Crippen molar-refractivity contribution in [3.05, 3.63) is 178 Å². The molecular weight excluding hydrogens is 809 g/mol. The first-order valence-electron chi connectivity index (χ1n) is 23.3. The third-order valence-electron chi connectivity index (χ3n) is 14.0. The van der Waals surface area contributed by atoms with Crippen LogP contribution in [0, 0.1) is 5.92 Å². The number of Topliss-reactive ketones (excluding diaryl/α,β-unsaturated/α-hetero) is 1. The molecule has 1 saturated carbocycles. The van der Waals surface area contributed by atoms with E-state index in [0.717, 1.165) is 101 Å². The molecule has 2 heterocycles. The van der Waals surface area contributed by atoms with E-state index in [1.807, 2.05) is 48.5 Å². The van der Waals surface area contributed by atoms with Gasteiger partial charge in [-0.3, -0.25) is 4.79 Å². The smallest absolute Gasteiger partial charge is 0.208 e. The Morgan fingerprint density at radius 1 is 0.708 bits per heavy atom. The summed E-state index contributed by atoms with van der Waals surface area (Å²) >= 11 is 0. The Balaban J connectivity index is 1.03. The molecule has 5 aromatic carbocycles. The molecule has 0 saturated heterocycles. The van der Waals surface area contributed by atoms with Crippen molar-refractivity contribution in [2.45, 2.75) is 95.2 Å². The van der Waals surface area contributed by atoms with Gasteiger partial charge in [-0.25, -0.2) is 4.99 Å². The van der Waals surface area contributed by atoms with Crippen LogP contribution in [-0.4, -0.2) is 56.7 Å². The van der Waals surface area contributed by atoms with Gasteiger partial charge in [-0.1, -0.05) is 123 Å². The Hall–Kier alpha value is -5.80. The zero-order valence-corrected chi connectivity index (χ0v) is 38.9. The van der Waals surface area contributed by atoms with Gasteiger partial charge in [0, 0.05) is 59.7 Å². The number of hydrogen-bond acceptors (Lipinski definition) is 7. The van der Waals surface area contributed by atoms with Gasteiger partial charge in [-0.2, -0.15) is 0 Å². The monoisotopic (exact) mass is 872 g/mol. The van der Waals surface area contributed by atoms with Crippen molar-refractivity contribution in [1.29, 1.82) is 0 Å². The first-order valence-corrected chi connectivity index (χ1v) is 23.3. The highest BCUT2D eigenvalue weighted by molar-refractivity contribution is 6.16. The minimum absolute atomic E-state index is 0.0739. The number of carbonyl (C=O) groups excluding carboxylic acids is 1. The van der Waals surface area contributed by atoms with Crippen LogP contribution in [0.2, 0.25) is 0 Å². The van der Waals surface area contributed by atoms with Crippen LogP contribution >= 0.6 is 0 Å². The molecular formula is C57H64N2O6. The number of benzene rings is 5. The number of rotatable bonds is 19. The first kappa shape index (κ1) is 45.8. The van der Waals surface area contributed by atoms with Gasteiger partial charge in [0.05, 0.1) is 19.6 Å².